The number of hydrogen-bond acceptors (Lipinski definition) is 6. The number of carbonyl (C=O) groups excluding carboxylic acids is 1. The molecule has 1 aliphatic rings. The quantitative estimate of drug-likeness (QED) is 0.861. The lowest BCUT2D eigenvalue weighted by molar-refractivity contribution is -0.118. The maximum Gasteiger partial charge on any atom is 0.263 e. The molecule has 0 bridgehead atoms. The zero-order valence-electron chi connectivity index (χ0n) is 14.4. The lowest BCUT2D eigenvalue weighted by Crippen LogP contribution is -2.46. The molecule has 0 spiro atoms. The number of rotatable bonds is 6. The van der Waals surface area contributed by atoms with Crippen molar-refractivity contribution < 1.29 is 9.53 Å². The Morgan fingerprint density at radius 3 is 2.48 bits per heavy atom. The van der Waals surface area contributed by atoms with Gasteiger partial charge in [-0.3, -0.25) is 4.79 Å². The lowest BCUT2D eigenvalue weighted by atomic mass is 10.3. The van der Waals surface area contributed by atoms with E-state index < -0.39 is 0 Å². The van der Waals surface area contributed by atoms with E-state index in [0.29, 0.717) is 11.6 Å². The normalized spacial score (nSPS) is 15.0. The second-order valence-electron chi connectivity index (χ2n) is 5.85. The highest BCUT2D eigenvalue weighted by Crippen LogP contribution is 2.14. The van der Waals surface area contributed by atoms with Crippen LogP contribution in [0.1, 0.15) is 6.92 Å². The van der Waals surface area contributed by atoms with E-state index in [2.05, 4.69) is 32.2 Å². The third-order valence-electron chi connectivity index (χ3n) is 4.17. The van der Waals surface area contributed by atoms with Crippen molar-refractivity contribution in [2.24, 2.45) is 0 Å². The van der Waals surface area contributed by atoms with Crippen molar-refractivity contribution in [1.82, 2.24) is 15.1 Å². The van der Waals surface area contributed by atoms with E-state index in [9.17, 15) is 4.79 Å². The topological polar surface area (TPSA) is 70.6 Å². The molecule has 0 saturated carbocycles. The fraction of sp³-hybridized carbons (Fsp3) is 0.389. The van der Waals surface area contributed by atoms with E-state index in [1.807, 2.05) is 24.3 Å². The van der Waals surface area contributed by atoms with Gasteiger partial charge in [-0.15, -0.1) is 10.2 Å². The van der Waals surface area contributed by atoms with Crippen LogP contribution in [0.3, 0.4) is 0 Å². The molecule has 7 heteroatoms. The van der Waals surface area contributed by atoms with E-state index in [0.717, 1.165) is 38.5 Å². The molecule has 25 heavy (non-hydrogen) atoms. The number of benzene rings is 1. The molecule has 0 atom stereocenters. The summed E-state index contributed by atoms with van der Waals surface area (Å²) in [4.78, 5) is 16.5. The third-order valence-corrected chi connectivity index (χ3v) is 4.17. The van der Waals surface area contributed by atoms with Crippen LogP contribution in [0.25, 0.3) is 0 Å². The van der Waals surface area contributed by atoms with Crippen LogP contribution < -0.4 is 15.0 Å². The predicted octanol–water partition coefficient (Wildman–Crippen LogP) is 1.64. The molecule has 1 aliphatic heterocycles. The molecule has 3 rings (SSSR count). The Morgan fingerprint density at radius 2 is 1.84 bits per heavy atom. The van der Waals surface area contributed by atoms with Gasteiger partial charge in [-0.25, -0.2) is 0 Å². The first-order valence-corrected chi connectivity index (χ1v) is 8.53. The Labute approximate surface area is 147 Å². The van der Waals surface area contributed by atoms with Crippen molar-refractivity contribution in [3.05, 3.63) is 42.5 Å². The maximum absolute atomic E-state index is 11.9. The van der Waals surface area contributed by atoms with Crippen LogP contribution in [0, 0.1) is 0 Å². The Hall–Kier alpha value is -2.67. The lowest BCUT2D eigenvalue weighted by Gasteiger charge is -2.34. The van der Waals surface area contributed by atoms with Gasteiger partial charge in [-0.2, -0.15) is 0 Å². The van der Waals surface area contributed by atoms with Gasteiger partial charge in [0.15, 0.2) is 18.2 Å². The van der Waals surface area contributed by atoms with Gasteiger partial charge >= 0.3 is 0 Å². The summed E-state index contributed by atoms with van der Waals surface area (Å²) in [6.45, 7) is 7.15. The predicted molar refractivity (Wildman–Crippen MR) is 96.9 cm³/mol. The van der Waals surface area contributed by atoms with Crippen molar-refractivity contribution in [1.29, 1.82) is 0 Å². The summed E-state index contributed by atoms with van der Waals surface area (Å²) in [6, 6.07) is 12.9. The zero-order chi connectivity index (χ0) is 17.5. The summed E-state index contributed by atoms with van der Waals surface area (Å²) in [5, 5.41) is 11.0. The Kier molecular flexibility index (Phi) is 5.79. The highest BCUT2D eigenvalue weighted by Gasteiger charge is 2.17. The van der Waals surface area contributed by atoms with E-state index >= 15 is 0 Å². The number of amides is 1. The number of piperazine rings is 1. The average Bonchev–Trinajstić information content (AvgIpc) is 2.68. The number of nitrogens with zero attached hydrogens (tertiary/aromatic N) is 4. The fourth-order valence-corrected chi connectivity index (χ4v) is 2.70. The standard InChI is InChI=1S/C18H23N5O2/c1-2-22-10-12-23(13-11-22)17-9-8-16(20-21-17)19-18(24)14-25-15-6-4-3-5-7-15/h3-9H,2,10-14H2,1H3,(H,19,20,24). The zero-order valence-corrected chi connectivity index (χ0v) is 14.4. The summed E-state index contributed by atoms with van der Waals surface area (Å²) < 4.78 is 5.41. The molecular formula is C18H23N5O2. The highest BCUT2D eigenvalue weighted by molar-refractivity contribution is 5.90. The molecule has 1 aromatic heterocycles. The average molecular weight is 341 g/mol. The number of hydrogen-bond donors (Lipinski definition) is 1. The van der Waals surface area contributed by atoms with Gasteiger partial charge in [-0.1, -0.05) is 25.1 Å². The van der Waals surface area contributed by atoms with Gasteiger partial charge < -0.3 is 19.9 Å². The van der Waals surface area contributed by atoms with Gasteiger partial charge in [0.05, 0.1) is 0 Å². The van der Waals surface area contributed by atoms with Gasteiger partial charge in [0.2, 0.25) is 0 Å². The summed E-state index contributed by atoms with van der Waals surface area (Å²) in [5.41, 5.74) is 0. The number of nitrogens with one attached hydrogen (secondary N) is 1. The minimum atomic E-state index is -0.262. The van der Waals surface area contributed by atoms with Crippen LogP contribution in [0.15, 0.2) is 42.5 Å². The van der Waals surface area contributed by atoms with Crippen LogP contribution in [0.5, 0.6) is 5.75 Å². The molecule has 1 aromatic carbocycles. The van der Waals surface area contributed by atoms with Crippen molar-refractivity contribution in [2.45, 2.75) is 6.92 Å². The SMILES string of the molecule is CCN1CCN(c2ccc(NC(=O)COc3ccccc3)nn2)CC1. The largest absolute Gasteiger partial charge is 0.484 e. The first kappa shape index (κ1) is 17.2. The molecule has 0 aliphatic carbocycles. The molecule has 1 fully saturated rings. The second-order valence-corrected chi connectivity index (χ2v) is 5.85. The van der Waals surface area contributed by atoms with Gasteiger partial charge in [0, 0.05) is 26.2 Å². The molecule has 7 nitrogen and oxygen atoms in total. The Bertz CT molecular complexity index is 670. The van der Waals surface area contributed by atoms with Crippen LogP contribution in [0.4, 0.5) is 11.6 Å². The molecule has 1 saturated heterocycles. The van der Waals surface area contributed by atoms with Crippen molar-refractivity contribution >= 4 is 17.5 Å². The number of likely N-dealkylation sites (N-methyl/N-ethyl adjacent to an activating group) is 1. The highest BCUT2D eigenvalue weighted by atomic mass is 16.5. The Balaban J connectivity index is 1.48. The number of anilines is 2. The number of carbonyl (C=O) groups is 1. The molecular weight excluding hydrogens is 318 g/mol. The summed E-state index contributed by atoms with van der Waals surface area (Å²) in [6.07, 6.45) is 0. The van der Waals surface area contributed by atoms with Crippen molar-refractivity contribution in [3.63, 3.8) is 0 Å². The smallest absolute Gasteiger partial charge is 0.263 e. The minimum absolute atomic E-state index is 0.0631. The Morgan fingerprint density at radius 1 is 1.08 bits per heavy atom. The molecule has 2 aromatic rings. The molecule has 0 radical (unpaired) electrons. The van der Waals surface area contributed by atoms with E-state index in [1.165, 1.54) is 0 Å². The molecule has 2 heterocycles. The van der Waals surface area contributed by atoms with Gasteiger partial charge in [0.25, 0.3) is 5.91 Å². The second kappa shape index (κ2) is 8.43. The van der Waals surface area contributed by atoms with E-state index in [4.69, 9.17) is 4.74 Å². The number of para-hydroxylation sites is 1. The summed E-state index contributed by atoms with van der Waals surface area (Å²) >= 11 is 0. The van der Waals surface area contributed by atoms with Gasteiger partial charge in [0.1, 0.15) is 5.75 Å². The van der Waals surface area contributed by atoms with Crippen LogP contribution in [0.2, 0.25) is 0 Å². The molecule has 1 N–H and O–H groups in total. The van der Waals surface area contributed by atoms with Crippen LogP contribution >= 0.6 is 0 Å². The first-order chi connectivity index (χ1) is 12.2. The molecule has 132 valence electrons. The molecule has 0 unspecified atom stereocenters. The number of aromatic nitrogens is 2. The number of ether oxygens (including phenoxy) is 1. The van der Waals surface area contributed by atoms with Crippen LogP contribution in [-0.2, 0) is 4.79 Å². The monoisotopic (exact) mass is 341 g/mol. The van der Waals surface area contributed by atoms with E-state index in [1.54, 1.807) is 18.2 Å². The summed E-state index contributed by atoms with van der Waals surface area (Å²) in [7, 11) is 0. The fourth-order valence-electron chi connectivity index (χ4n) is 2.70. The maximum atomic E-state index is 11.9. The van der Waals surface area contributed by atoms with Gasteiger partial charge in [-0.05, 0) is 30.8 Å². The minimum Gasteiger partial charge on any atom is -0.484 e. The third kappa shape index (κ3) is 4.90. The summed E-state index contributed by atoms with van der Waals surface area (Å²) in [5.74, 6) is 1.67. The first-order valence-electron chi connectivity index (χ1n) is 8.53. The van der Waals surface area contributed by atoms with Crippen LogP contribution in [-0.4, -0.2) is 60.3 Å². The van der Waals surface area contributed by atoms with Crippen molar-refractivity contribution in [2.75, 3.05) is 49.5 Å². The van der Waals surface area contributed by atoms with Crippen molar-refractivity contribution in [3.8, 4) is 5.75 Å². The molecule has 1 amide bonds. The van der Waals surface area contributed by atoms with E-state index in [-0.39, 0.29) is 12.5 Å².